The number of rotatable bonds is 13. The van der Waals surface area contributed by atoms with Gasteiger partial charge in [-0.2, -0.15) is 4.98 Å². The van der Waals surface area contributed by atoms with Crippen LogP contribution in [0.25, 0.3) is 0 Å². The summed E-state index contributed by atoms with van der Waals surface area (Å²) in [7, 11) is 3.87. The maximum atomic E-state index is 13.8. The fourth-order valence-corrected chi connectivity index (χ4v) is 5.41. The first-order chi connectivity index (χ1) is 20.3. The van der Waals surface area contributed by atoms with E-state index in [1.54, 1.807) is 35.4 Å². The van der Waals surface area contributed by atoms with Crippen LogP contribution in [0.15, 0.2) is 72.9 Å². The van der Waals surface area contributed by atoms with Crippen molar-refractivity contribution in [2.75, 3.05) is 30.9 Å². The topological polar surface area (TPSA) is 134 Å². The average Bonchev–Trinajstić information content (AvgIpc) is 3.01. The van der Waals surface area contributed by atoms with Gasteiger partial charge in [-0.1, -0.05) is 36.4 Å². The number of amides is 3. The Morgan fingerprint density at radius 1 is 0.905 bits per heavy atom. The molecular formula is C32H41N7O3. The van der Waals surface area contributed by atoms with E-state index in [1.165, 1.54) is 0 Å². The monoisotopic (exact) mass is 571 g/mol. The molecule has 222 valence electrons. The molecule has 4 rings (SSSR count). The van der Waals surface area contributed by atoms with Gasteiger partial charge < -0.3 is 26.2 Å². The maximum Gasteiger partial charge on any atom is 0.254 e. The minimum absolute atomic E-state index is 0.125. The highest BCUT2D eigenvalue weighted by Crippen LogP contribution is 2.29. The molecule has 0 saturated heterocycles. The van der Waals surface area contributed by atoms with Crippen molar-refractivity contribution in [1.29, 1.82) is 0 Å². The predicted molar refractivity (Wildman–Crippen MR) is 164 cm³/mol. The van der Waals surface area contributed by atoms with E-state index in [0.29, 0.717) is 42.9 Å². The van der Waals surface area contributed by atoms with Crippen molar-refractivity contribution < 1.29 is 14.4 Å². The van der Waals surface area contributed by atoms with Crippen LogP contribution in [-0.2, 0) is 4.79 Å². The Morgan fingerprint density at radius 3 is 2.17 bits per heavy atom. The van der Waals surface area contributed by atoms with Crippen LogP contribution in [0.1, 0.15) is 65.7 Å². The molecule has 1 aliphatic carbocycles. The molecule has 42 heavy (non-hydrogen) atoms. The lowest BCUT2D eigenvalue weighted by Gasteiger charge is -2.40. The van der Waals surface area contributed by atoms with Gasteiger partial charge in [0.25, 0.3) is 11.8 Å². The number of carbonyl (C=O) groups excluding carboxylic acids is 3. The molecule has 1 fully saturated rings. The zero-order valence-corrected chi connectivity index (χ0v) is 24.4. The molecule has 1 heterocycles. The van der Waals surface area contributed by atoms with Crippen molar-refractivity contribution in [3.05, 3.63) is 84.1 Å². The van der Waals surface area contributed by atoms with Crippen molar-refractivity contribution in [3.8, 4) is 0 Å². The van der Waals surface area contributed by atoms with E-state index < -0.39 is 11.9 Å². The summed E-state index contributed by atoms with van der Waals surface area (Å²) in [5.41, 5.74) is 7.07. The molecule has 1 aliphatic rings. The van der Waals surface area contributed by atoms with Gasteiger partial charge in [0.15, 0.2) is 0 Å². The third-order valence-corrected chi connectivity index (χ3v) is 7.67. The third-order valence-electron chi connectivity index (χ3n) is 7.67. The molecule has 10 nitrogen and oxygen atoms in total. The number of nitrogens with one attached hydrogen (secondary N) is 2. The van der Waals surface area contributed by atoms with Gasteiger partial charge in [-0.05, 0) is 75.3 Å². The molecule has 1 aromatic heterocycles. The van der Waals surface area contributed by atoms with Crippen LogP contribution in [0.3, 0.4) is 0 Å². The van der Waals surface area contributed by atoms with Crippen LogP contribution in [0.4, 0.5) is 11.8 Å². The number of benzene rings is 2. The molecule has 2 aromatic carbocycles. The van der Waals surface area contributed by atoms with Crippen molar-refractivity contribution in [2.24, 2.45) is 5.73 Å². The fourth-order valence-electron chi connectivity index (χ4n) is 5.41. The van der Waals surface area contributed by atoms with Gasteiger partial charge in [-0.25, -0.2) is 4.98 Å². The Balaban J connectivity index is 1.39. The molecule has 10 heteroatoms. The van der Waals surface area contributed by atoms with E-state index in [4.69, 9.17) is 5.73 Å². The van der Waals surface area contributed by atoms with Gasteiger partial charge in [0.1, 0.15) is 11.9 Å². The van der Waals surface area contributed by atoms with E-state index in [-0.39, 0.29) is 23.9 Å². The summed E-state index contributed by atoms with van der Waals surface area (Å²) < 4.78 is 0. The van der Waals surface area contributed by atoms with E-state index in [0.717, 1.165) is 31.5 Å². The number of unbranched alkanes of at least 4 members (excludes halogenated alkanes) is 1. The first kappa shape index (κ1) is 30.5. The second-order valence-electron chi connectivity index (χ2n) is 10.9. The Bertz CT molecular complexity index is 1310. The Labute approximate surface area is 247 Å². The highest BCUT2D eigenvalue weighted by Gasteiger charge is 2.36. The summed E-state index contributed by atoms with van der Waals surface area (Å²) in [6, 6.07) is 19.3. The highest BCUT2D eigenvalue weighted by atomic mass is 16.2. The quantitative estimate of drug-likeness (QED) is 0.265. The van der Waals surface area contributed by atoms with Gasteiger partial charge in [-0.3, -0.25) is 14.4 Å². The summed E-state index contributed by atoms with van der Waals surface area (Å²) >= 11 is 0. The van der Waals surface area contributed by atoms with Crippen LogP contribution in [0.5, 0.6) is 0 Å². The number of carbonyl (C=O) groups is 3. The number of anilines is 2. The minimum Gasteiger partial charge on any atom is -0.368 e. The normalized spacial score (nSPS) is 17.1. The third kappa shape index (κ3) is 8.28. The zero-order chi connectivity index (χ0) is 29.9. The van der Waals surface area contributed by atoms with E-state index in [1.807, 2.05) is 61.5 Å². The predicted octanol–water partition coefficient (Wildman–Crippen LogP) is 3.86. The van der Waals surface area contributed by atoms with Crippen molar-refractivity contribution in [1.82, 2.24) is 20.2 Å². The summed E-state index contributed by atoms with van der Waals surface area (Å²) in [5.74, 6) is 0.574. The van der Waals surface area contributed by atoms with Gasteiger partial charge >= 0.3 is 0 Å². The molecule has 1 atom stereocenters. The second kappa shape index (κ2) is 15.0. The van der Waals surface area contributed by atoms with Crippen LogP contribution >= 0.6 is 0 Å². The lowest BCUT2D eigenvalue weighted by molar-refractivity contribution is -0.123. The van der Waals surface area contributed by atoms with Gasteiger partial charge in [0, 0.05) is 50.0 Å². The largest absolute Gasteiger partial charge is 0.368 e. The summed E-state index contributed by atoms with van der Waals surface area (Å²) in [6.45, 7) is 0.472. The highest BCUT2D eigenvalue weighted by molar-refractivity contribution is 5.97. The van der Waals surface area contributed by atoms with Crippen molar-refractivity contribution >= 4 is 29.5 Å². The number of primary amides is 1. The molecular weight excluding hydrogens is 530 g/mol. The Hall–Kier alpha value is -4.47. The number of nitrogens with two attached hydrogens (primary N) is 1. The van der Waals surface area contributed by atoms with Crippen LogP contribution in [0.2, 0.25) is 0 Å². The van der Waals surface area contributed by atoms with E-state index >= 15 is 0 Å². The average molecular weight is 572 g/mol. The lowest BCUT2D eigenvalue weighted by Crippen LogP contribution is -2.54. The van der Waals surface area contributed by atoms with Crippen LogP contribution in [0, 0.1) is 0 Å². The number of nitrogens with zero attached hydrogens (tertiary/aromatic N) is 4. The molecule has 0 spiro atoms. The fraction of sp³-hybridized carbons (Fsp3) is 0.406. The summed E-state index contributed by atoms with van der Waals surface area (Å²) in [6.07, 6.45) is 6.52. The Morgan fingerprint density at radius 2 is 1.55 bits per heavy atom. The van der Waals surface area contributed by atoms with Crippen LogP contribution in [-0.4, -0.2) is 71.4 Å². The minimum atomic E-state index is -0.739. The molecule has 0 unspecified atom stereocenters. The van der Waals surface area contributed by atoms with Gasteiger partial charge in [-0.15, -0.1) is 0 Å². The van der Waals surface area contributed by atoms with Crippen LogP contribution < -0.4 is 21.3 Å². The molecule has 0 bridgehead atoms. The van der Waals surface area contributed by atoms with Gasteiger partial charge in [0.2, 0.25) is 11.9 Å². The molecule has 4 N–H and O–H groups in total. The summed E-state index contributed by atoms with van der Waals surface area (Å²) in [4.78, 5) is 51.5. The first-order valence-electron chi connectivity index (χ1n) is 14.6. The first-order valence-corrected chi connectivity index (χ1v) is 14.6. The molecule has 0 aliphatic heterocycles. The SMILES string of the molecule is CN(C)c1ccnc(NC2CCC(N(C(=O)c3ccccc3)[C@@H](CCCCNC(=O)c3ccccc3)C(N)=O)CC2)n1. The standard InChI is InChI=1S/C32H41N7O3/c1-38(2)28-20-22-35-32(37-28)36-25-16-18-26(19-17-25)39(31(42)24-13-7-4-8-14-24)27(29(33)40)15-9-10-21-34-30(41)23-11-5-3-6-12-23/h3-8,11-14,20,22,25-27H,9-10,15-19,21H2,1-2H3,(H2,33,40)(H,34,41)(H,35,36,37)/t25?,26?,27-/m0/s1. The molecule has 0 radical (unpaired) electrons. The summed E-state index contributed by atoms with van der Waals surface area (Å²) in [5, 5.41) is 6.36. The second-order valence-corrected chi connectivity index (χ2v) is 10.9. The molecule has 3 amide bonds. The smallest absolute Gasteiger partial charge is 0.254 e. The maximum absolute atomic E-state index is 13.8. The lowest BCUT2D eigenvalue weighted by atomic mass is 9.88. The number of hydrogen-bond donors (Lipinski definition) is 3. The number of aromatic nitrogens is 2. The van der Waals surface area contributed by atoms with E-state index in [9.17, 15) is 14.4 Å². The van der Waals surface area contributed by atoms with Gasteiger partial charge in [0.05, 0.1) is 0 Å². The van der Waals surface area contributed by atoms with Crippen molar-refractivity contribution in [2.45, 2.75) is 63.1 Å². The Kier molecular flexibility index (Phi) is 10.9. The van der Waals surface area contributed by atoms with Crippen molar-refractivity contribution in [3.63, 3.8) is 0 Å². The molecule has 1 saturated carbocycles. The number of hydrogen-bond acceptors (Lipinski definition) is 7. The zero-order valence-electron chi connectivity index (χ0n) is 24.4. The van der Waals surface area contributed by atoms with E-state index in [2.05, 4.69) is 20.6 Å². The molecule has 3 aromatic rings.